The molecule has 3 aromatic carbocycles. The number of halogens is 1. The minimum absolute atomic E-state index is 0.0106. The number of carbonyl (C=O) groups excluding carboxylic acids is 1. The Labute approximate surface area is 232 Å². The first kappa shape index (κ1) is 27.2. The highest BCUT2D eigenvalue weighted by molar-refractivity contribution is 5.87. The van der Waals surface area contributed by atoms with Crippen molar-refractivity contribution in [3.63, 3.8) is 0 Å². The van der Waals surface area contributed by atoms with E-state index in [1.807, 2.05) is 59.5 Å². The van der Waals surface area contributed by atoms with Gasteiger partial charge in [-0.3, -0.25) is 9.59 Å². The molecule has 0 saturated heterocycles. The number of para-hydroxylation sites is 2. The minimum Gasteiger partial charge on any atom is -0.496 e. The molecule has 1 aromatic heterocycles. The molecule has 7 nitrogen and oxygen atoms in total. The van der Waals surface area contributed by atoms with Crippen LogP contribution in [0.2, 0.25) is 0 Å². The number of rotatable bonds is 11. The van der Waals surface area contributed by atoms with Gasteiger partial charge < -0.3 is 24.0 Å². The molecule has 0 saturated carbocycles. The molecule has 5 rings (SSSR count). The van der Waals surface area contributed by atoms with Crippen molar-refractivity contribution in [1.82, 2.24) is 9.47 Å². The smallest absolute Gasteiger partial charge is 0.323 e. The number of fused-ring (bicyclic) bond motifs is 3. The van der Waals surface area contributed by atoms with Crippen molar-refractivity contribution in [3.8, 4) is 11.5 Å². The Kier molecular flexibility index (Phi) is 8.34. The molecule has 0 fully saturated rings. The maximum atomic E-state index is 14.3. The summed E-state index contributed by atoms with van der Waals surface area (Å²) < 4.78 is 27.5. The van der Waals surface area contributed by atoms with E-state index in [2.05, 4.69) is 0 Å². The molecular formula is C32H33FN2O5. The lowest BCUT2D eigenvalue weighted by Gasteiger charge is -2.35. The number of amides is 1. The molecule has 208 valence electrons. The SMILES string of the molecule is COc1ccccc1CCC(=O)N(CCOc1ccccc1)C1CCc2c(c3cc(F)ccc3n2CC(=O)O)C1. The van der Waals surface area contributed by atoms with Crippen LogP contribution in [0.25, 0.3) is 10.9 Å². The molecule has 0 aliphatic heterocycles. The van der Waals surface area contributed by atoms with Gasteiger partial charge in [0.05, 0.1) is 13.7 Å². The fourth-order valence-electron chi connectivity index (χ4n) is 5.77. The summed E-state index contributed by atoms with van der Waals surface area (Å²) in [6, 6.07) is 21.5. The summed E-state index contributed by atoms with van der Waals surface area (Å²) in [5.41, 5.74) is 3.49. The molecular weight excluding hydrogens is 511 g/mol. The predicted molar refractivity (Wildman–Crippen MR) is 150 cm³/mol. The summed E-state index contributed by atoms with van der Waals surface area (Å²) in [4.78, 5) is 27.2. The van der Waals surface area contributed by atoms with Crippen molar-refractivity contribution in [2.75, 3.05) is 20.3 Å². The van der Waals surface area contributed by atoms with E-state index in [0.29, 0.717) is 56.2 Å². The summed E-state index contributed by atoms with van der Waals surface area (Å²) in [5.74, 6) is 0.187. The Morgan fingerprint density at radius 2 is 1.85 bits per heavy atom. The topological polar surface area (TPSA) is 81.0 Å². The van der Waals surface area contributed by atoms with Crippen LogP contribution in [0.15, 0.2) is 72.8 Å². The van der Waals surface area contributed by atoms with Crippen LogP contribution >= 0.6 is 0 Å². The molecule has 1 aliphatic carbocycles. The average Bonchev–Trinajstić information content (AvgIpc) is 3.26. The van der Waals surface area contributed by atoms with Crippen LogP contribution in [0.3, 0.4) is 0 Å². The Hall–Kier alpha value is -4.33. The number of carboxylic acid groups (broad SMARTS) is 1. The molecule has 1 aliphatic rings. The number of methoxy groups -OCH3 is 1. The zero-order valence-corrected chi connectivity index (χ0v) is 22.5. The molecule has 1 heterocycles. The van der Waals surface area contributed by atoms with Crippen molar-refractivity contribution >= 4 is 22.8 Å². The number of aromatic nitrogens is 1. The minimum atomic E-state index is -0.947. The molecule has 1 atom stereocenters. The number of benzene rings is 3. The van der Waals surface area contributed by atoms with Crippen molar-refractivity contribution in [3.05, 3.63) is 95.4 Å². The predicted octanol–water partition coefficient (Wildman–Crippen LogP) is 5.27. The van der Waals surface area contributed by atoms with Gasteiger partial charge in [-0.1, -0.05) is 36.4 Å². The number of nitrogens with zero attached hydrogens (tertiary/aromatic N) is 2. The third-order valence-electron chi connectivity index (χ3n) is 7.60. The molecule has 0 bridgehead atoms. The summed E-state index contributed by atoms with van der Waals surface area (Å²) in [5, 5.41) is 10.2. The van der Waals surface area contributed by atoms with Crippen LogP contribution in [0.1, 0.15) is 29.7 Å². The van der Waals surface area contributed by atoms with Gasteiger partial charge in [0.25, 0.3) is 0 Å². The third kappa shape index (κ3) is 5.96. The zero-order valence-electron chi connectivity index (χ0n) is 22.5. The lowest BCUT2D eigenvalue weighted by molar-refractivity contribution is -0.137. The van der Waals surface area contributed by atoms with E-state index >= 15 is 0 Å². The number of carbonyl (C=O) groups is 2. The fourth-order valence-corrected chi connectivity index (χ4v) is 5.77. The van der Waals surface area contributed by atoms with Crippen molar-refractivity contribution in [2.24, 2.45) is 0 Å². The van der Waals surface area contributed by atoms with Crippen LogP contribution < -0.4 is 9.47 Å². The normalized spacial score (nSPS) is 14.5. The third-order valence-corrected chi connectivity index (χ3v) is 7.60. The first-order valence-corrected chi connectivity index (χ1v) is 13.5. The Bertz CT molecular complexity index is 1500. The standard InChI is InChI=1S/C32H33FN2O5/c1-39-30-10-6-5-7-22(30)11-16-31(36)34(17-18-40-25-8-3-2-4-9-25)24-13-15-29-27(20-24)26-19-23(33)12-14-28(26)35(29)21-32(37)38/h2-10,12,14,19,24H,11,13,15-18,20-21H2,1H3,(H,37,38). The van der Waals surface area contributed by atoms with Crippen molar-refractivity contribution < 1.29 is 28.6 Å². The highest BCUT2D eigenvalue weighted by Gasteiger charge is 2.32. The highest BCUT2D eigenvalue weighted by Crippen LogP contribution is 2.34. The van der Waals surface area contributed by atoms with E-state index < -0.39 is 5.97 Å². The Balaban J connectivity index is 1.40. The van der Waals surface area contributed by atoms with Gasteiger partial charge in [0, 0.05) is 29.1 Å². The maximum Gasteiger partial charge on any atom is 0.323 e. The molecule has 1 unspecified atom stereocenters. The molecule has 0 radical (unpaired) electrons. The quantitative estimate of drug-likeness (QED) is 0.278. The average molecular weight is 545 g/mol. The monoisotopic (exact) mass is 544 g/mol. The second kappa shape index (κ2) is 12.2. The van der Waals surface area contributed by atoms with E-state index in [4.69, 9.17) is 9.47 Å². The number of hydrogen-bond acceptors (Lipinski definition) is 4. The fraction of sp³-hybridized carbons (Fsp3) is 0.312. The van der Waals surface area contributed by atoms with Crippen LogP contribution in [0.4, 0.5) is 4.39 Å². The lowest BCUT2D eigenvalue weighted by Crippen LogP contribution is -2.45. The van der Waals surface area contributed by atoms with Crippen LogP contribution in [0, 0.1) is 5.82 Å². The highest BCUT2D eigenvalue weighted by atomic mass is 19.1. The maximum absolute atomic E-state index is 14.3. The summed E-state index contributed by atoms with van der Waals surface area (Å²) >= 11 is 0. The number of aryl methyl sites for hydroxylation is 1. The van der Waals surface area contributed by atoms with Crippen molar-refractivity contribution in [1.29, 1.82) is 0 Å². The number of ether oxygens (including phenoxy) is 2. The molecule has 4 aromatic rings. The van der Waals surface area contributed by atoms with Gasteiger partial charge in [-0.25, -0.2) is 4.39 Å². The molecule has 8 heteroatoms. The van der Waals surface area contributed by atoms with Gasteiger partial charge in [0.1, 0.15) is 30.5 Å². The Morgan fingerprint density at radius 1 is 1.07 bits per heavy atom. The first-order chi connectivity index (χ1) is 19.4. The molecule has 0 spiro atoms. The molecule has 1 N–H and O–H groups in total. The van der Waals surface area contributed by atoms with Gasteiger partial charge in [-0.2, -0.15) is 0 Å². The summed E-state index contributed by atoms with van der Waals surface area (Å²) in [7, 11) is 1.62. The summed E-state index contributed by atoms with van der Waals surface area (Å²) in [6.45, 7) is 0.555. The van der Waals surface area contributed by atoms with Gasteiger partial charge in [0.15, 0.2) is 0 Å². The van der Waals surface area contributed by atoms with Gasteiger partial charge in [0.2, 0.25) is 5.91 Å². The molecule has 40 heavy (non-hydrogen) atoms. The molecule has 1 amide bonds. The number of carboxylic acids is 1. The van der Waals surface area contributed by atoms with Crippen LogP contribution in [0.5, 0.6) is 11.5 Å². The van der Waals surface area contributed by atoms with E-state index in [1.54, 1.807) is 17.7 Å². The van der Waals surface area contributed by atoms with E-state index in [1.165, 1.54) is 12.1 Å². The van der Waals surface area contributed by atoms with E-state index in [9.17, 15) is 19.1 Å². The first-order valence-electron chi connectivity index (χ1n) is 13.5. The van der Waals surface area contributed by atoms with Crippen LogP contribution in [-0.4, -0.2) is 52.8 Å². The van der Waals surface area contributed by atoms with Crippen LogP contribution in [-0.2, 0) is 35.4 Å². The van der Waals surface area contributed by atoms with Gasteiger partial charge >= 0.3 is 5.97 Å². The second-order valence-electron chi connectivity index (χ2n) is 10.0. The largest absolute Gasteiger partial charge is 0.496 e. The zero-order chi connectivity index (χ0) is 28.1. The number of aliphatic carboxylic acids is 1. The van der Waals surface area contributed by atoms with Gasteiger partial charge in [-0.15, -0.1) is 0 Å². The van der Waals surface area contributed by atoms with Crippen molar-refractivity contribution in [2.45, 2.75) is 44.7 Å². The van der Waals surface area contributed by atoms with E-state index in [-0.39, 0.29) is 24.3 Å². The van der Waals surface area contributed by atoms with E-state index in [0.717, 1.165) is 28.3 Å². The summed E-state index contributed by atoms with van der Waals surface area (Å²) in [6.07, 6.45) is 2.65. The lowest BCUT2D eigenvalue weighted by atomic mass is 9.90. The second-order valence-corrected chi connectivity index (χ2v) is 10.0. The van der Waals surface area contributed by atoms with Gasteiger partial charge in [-0.05, 0) is 73.2 Å². The Morgan fingerprint density at radius 3 is 2.62 bits per heavy atom. The number of hydrogen-bond donors (Lipinski definition) is 1.